The molecule has 1 fully saturated rings. The molecule has 1 unspecified atom stereocenters. The summed E-state index contributed by atoms with van der Waals surface area (Å²) in [5, 5.41) is 10.5. The zero-order chi connectivity index (χ0) is 15.6. The summed E-state index contributed by atoms with van der Waals surface area (Å²) in [5.74, 6) is 0.584. The van der Waals surface area contributed by atoms with Gasteiger partial charge >= 0.3 is 0 Å². The highest BCUT2D eigenvalue weighted by atomic mass is 16.7. The third-order valence-electron chi connectivity index (χ3n) is 3.21. The number of nitrogens with zero attached hydrogens (tertiary/aromatic N) is 1. The van der Waals surface area contributed by atoms with E-state index in [0.717, 1.165) is 25.9 Å². The van der Waals surface area contributed by atoms with E-state index in [0.29, 0.717) is 32.2 Å². The molecule has 1 aromatic carbocycles. The van der Waals surface area contributed by atoms with E-state index in [1.165, 1.54) is 12.1 Å². The van der Waals surface area contributed by atoms with Crippen molar-refractivity contribution in [2.45, 2.75) is 25.6 Å². The zero-order valence-electron chi connectivity index (χ0n) is 12.4. The van der Waals surface area contributed by atoms with Crippen molar-refractivity contribution < 1.29 is 23.9 Å². The Morgan fingerprint density at radius 3 is 2.59 bits per heavy atom. The number of ether oxygens (including phenoxy) is 4. The molecule has 1 saturated heterocycles. The van der Waals surface area contributed by atoms with E-state index in [4.69, 9.17) is 18.9 Å². The normalized spacial score (nSPS) is 18.1. The quantitative estimate of drug-likeness (QED) is 0.396. The predicted octanol–water partition coefficient (Wildman–Crippen LogP) is 2.53. The number of benzene rings is 1. The van der Waals surface area contributed by atoms with Gasteiger partial charge in [-0.15, -0.1) is 0 Å². The van der Waals surface area contributed by atoms with Crippen LogP contribution in [0.1, 0.15) is 19.3 Å². The second-order valence-corrected chi connectivity index (χ2v) is 4.88. The Hall–Kier alpha value is -1.70. The van der Waals surface area contributed by atoms with Crippen LogP contribution in [0.5, 0.6) is 5.75 Å². The van der Waals surface area contributed by atoms with Crippen molar-refractivity contribution in [3.63, 3.8) is 0 Å². The summed E-state index contributed by atoms with van der Waals surface area (Å²) in [6, 6.07) is 5.96. The minimum atomic E-state index is -0.442. The van der Waals surface area contributed by atoms with Gasteiger partial charge in [-0.1, -0.05) is 0 Å². The van der Waals surface area contributed by atoms with Crippen molar-refractivity contribution in [1.82, 2.24) is 0 Å². The number of non-ortho nitro benzene ring substituents is 1. The number of hydrogen-bond donors (Lipinski definition) is 0. The largest absolute Gasteiger partial charge is 0.491 e. The minimum Gasteiger partial charge on any atom is -0.491 e. The van der Waals surface area contributed by atoms with E-state index in [2.05, 4.69) is 0 Å². The van der Waals surface area contributed by atoms with Crippen LogP contribution >= 0.6 is 0 Å². The Morgan fingerprint density at radius 1 is 1.14 bits per heavy atom. The standard InChI is InChI=1S/C15H21NO6/c17-16(18)13-4-6-14(7-5-13)20-11-9-19-10-12-22-15-3-1-2-8-21-15/h4-7,15H,1-3,8-12H2. The topological polar surface area (TPSA) is 80.1 Å². The van der Waals surface area contributed by atoms with E-state index in [1.54, 1.807) is 12.1 Å². The maximum atomic E-state index is 10.5. The lowest BCUT2D eigenvalue weighted by Gasteiger charge is -2.22. The van der Waals surface area contributed by atoms with Gasteiger partial charge in [-0.05, 0) is 31.4 Å². The van der Waals surface area contributed by atoms with Crippen LogP contribution in [0.2, 0.25) is 0 Å². The molecule has 7 heteroatoms. The smallest absolute Gasteiger partial charge is 0.269 e. The Kier molecular flexibility index (Phi) is 7.08. The molecule has 22 heavy (non-hydrogen) atoms. The van der Waals surface area contributed by atoms with Crippen molar-refractivity contribution in [3.8, 4) is 5.75 Å². The average molecular weight is 311 g/mol. The van der Waals surface area contributed by atoms with Crippen LogP contribution in [0.25, 0.3) is 0 Å². The van der Waals surface area contributed by atoms with E-state index >= 15 is 0 Å². The Morgan fingerprint density at radius 2 is 1.91 bits per heavy atom. The first-order valence-electron chi connectivity index (χ1n) is 7.44. The Bertz CT molecular complexity index is 444. The molecule has 0 amide bonds. The fourth-order valence-electron chi connectivity index (χ4n) is 2.07. The molecular formula is C15H21NO6. The van der Waals surface area contributed by atoms with Gasteiger partial charge in [0.05, 0.1) is 24.7 Å². The van der Waals surface area contributed by atoms with Crippen molar-refractivity contribution >= 4 is 5.69 Å². The van der Waals surface area contributed by atoms with Gasteiger partial charge in [0.25, 0.3) is 5.69 Å². The summed E-state index contributed by atoms with van der Waals surface area (Å²) in [6.07, 6.45) is 3.11. The number of hydrogen-bond acceptors (Lipinski definition) is 6. The van der Waals surface area contributed by atoms with Gasteiger partial charge in [-0.3, -0.25) is 10.1 Å². The van der Waals surface area contributed by atoms with Crippen molar-refractivity contribution in [2.75, 3.05) is 33.0 Å². The third kappa shape index (κ3) is 5.97. The van der Waals surface area contributed by atoms with Crippen molar-refractivity contribution in [3.05, 3.63) is 34.4 Å². The van der Waals surface area contributed by atoms with Gasteiger partial charge in [0.15, 0.2) is 6.29 Å². The first-order valence-corrected chi connectivity index (χ1v) is 7.44. The fraction of sp³-hybridized carbons (Fsp3) is 0.600. The maximum Gasteiger partial charge on any atom is 0.269 e. The van der Waals surface area contributed by atoms with Crippen LogP contribution in [0.15, 0.2) is 24.3 Å². The van der Waals surface area contributed by atoms with Crippen LogP contribution in [0.4, 0.5) is 5.69 Å². The molecule has 1 aliphatic heterocycles. The second-order valence-electron chi connectivity index (χ2n) is 4.88. The SMILES string of the molecule is O=[N+]([O-])c1ccc(OCCOCCOC2CCCCO2)cc1. The molecule has 0 N–H and O–H groups in total. The molecular weight excluding hydrogens is 290 g/mol. The van der Waals surface area contributed by atoms with E-state index in [1.807, 2.05) is 0 Å². The highest BCUT2D eigenvalue weighted by Crippen LogP contribution is 2.17. The predicted molar refractivity (Wildman–Crippen MR) is 79.0 cm³/mol. The summed E-state index contributed by atoms with van der Waals surface area (Å²) < 4.78 is 21.8. The summed E-state index contributed by atoms with van der Waals surface area (Å²) in [5.41, 5.74) is 0.0469. The second kappa shape index (κ2) is 9.34. The van der Waals surface area contributed by atoms with Gasteiger partial charge in [-0.25, -0.2) is 0 Å². The molecule has 122 valence electrons. The van der Waals surface area contributed by atoms with Crippen LogP contribution < -0.4 is 4.74 Å². The molecule has 0 radical (unpaired) electrons. The molecule has 1 atom stereocenters. The van der Waals surface area contributed by atoms with Crippen molar-refractivity contribution in [2.24, 2.45) is 0 Å². The lowest BCUT2D eigenvalue weighted by molar-refractivity contribution is -0.384. The molecule has 1 heterocycles. The van der Waals surface area contributed by atoms with Gasteiger partial charge < -0.3 is 18.9 Å². The van der Waals surface area contributed by atoms with E-state index < -0.39 is 4.92 Å². The fourth-order valence-corrected chi connectivity index (χ4v) is 2.07. The maximum absolute atomic E-state index is 10.5. The molecule has 2 rings (SSSR count). The van der Waals surface area contributed by atoms with Crippen LogP contribution in [0, 0.1) is 10.1 Å². The van der Waals surface area contributed by atoms with Gasteiger partial charge in [0, 0.05) is 18.7 Å². The first-order chi connectivity index (χ1) is 10.8. The highest BCUT2D eigenvalue weighted by molar-refractivity contribution is 5.35. The van der Waals surface area contributed by atoms with Crippen LogP contribution in [-0.4, -0.2) is 44.2 Å². The summed E-state index contributed by atoms with van der Waals surface area (Å²) in [6.45, 7) is 2.59. The number of rotatable bonds is 9. The van der Waals surface area contributed by atoms with Gasteiger partial charge in [0.2, 0.25) is 0 Å². The molecule has 7 nitrogen and oxygen atoms in total. The molecule has 0 aliphatic carbocycles. The Balaban J connectivity index is 1.49. The molecule has 0 saturated carbocycles. The lowest BCUT2D eigenvalue weighted by atomic mass is 10.2. The monoisotopic (exact) mass is 311 g/mol. The number of nitro benzene ring substituents is 1. The van der Waals surface area contributed by atoms with E-state index in [-0.39, 0.29) is 12.0 Å². The summed E-state index contributed by atoms with van der Waals surface area (Å²) in [7, 11) is 0. The van der Waals surface area contributed by atoms with Crippen LogP contribution in [-0.2, 0) is 14.2 Å². The molecule has 0 spiro atoms. The summed E-state index contributed by atoms with van der Waals surface area (Å²) in [4.78, 5) is 10.1. The highest BCUT2D eigenvalue weighted by Gasteiger charge is 2.13. The zero-order valence-corrected chi connectivity index (χ0v) is 12.4. The molecule has 0 aromatic heterocycles. The molecule has 0 bridgehead atoms. The van der Waals surface area contributed by atoms with Gasteiger partial charge in [0.1, 0.15) is 12.4 Å². The number of nitro groups is 1. The molecule has 1 aliphatic rings. The van der Waals surface area contributed by atoms with Crippen molar-refractivity contribution in [1.29, 1.82) is 0 Å². The minimum absolute atomic E-state index is 0.0469. The molecule has 1 aromatic rings. The average Bonchev–Trinajstić information content (AvgIpc) is 2.55. The summed E-state index contributed by atoms with van der Waals surface area (Å²) >= 11 is 0. The lowest BCUT2D eigenvalue weighted by Crippen LogP contribution is -2.24. The van der Waals surface area contributed by atoms with Crippen LogP contribution in [0.3, 0.4) is 0 Å². The first kappa shape index (κ1) is 16.7. The third-order valence-corrected chi connectivity index (χ3v) is 3.21. The Labute approximate surface area is 129 Å². The van der Waals surface area contributed by atoms with E-state index in [9.17, 15) is 10.1 Å². The van der Waals surface area contributed by atoms with Gasteiger partial charge in [-0.2, -0.15) is 0 Å².